The topological polar surface area (TPSA) is 26.3 Å². The molecule has 0 bridgehead atoms. The average Bonchev–Trinajstić information content (AvgIpc) is 2.55. The first-order valence-electron chi connectivity index (χ1n) is 10.8. The molecule has 0 saturated heterocycles. The SMILES string of the molecule is CCCCOC(=O)CCCCCCCCCCCCCCC(C)C. The van der Waals surface area contributed by atoms with Crippen molar-refractivity contribution >= 4 is 5.97 Å². The predicted octanol–water partition coefficient (Wildman–Crippen LogP) is 7.45. The van der Waals surface area contributed by atoms with E-state index >= 15 is 0 Å². The standard InChI is InChI=1S/C22H44O2/c1-4-5-20-24-22(23)19-17-15-13-11-9-7-6-8-10-12-14-16-18-21(2)3/h21H,4-20H2,1-3H3. The Labute approximate surface area is 152 Å². The fourth-order valence-electron chi connectivity index (χ4n) is 2.99. The zero-order valence-corrected chi connectivity index (χ0v) is 16.9. The number of rotatable bonds is 18. The molecule has 2 nitrogen and oxygen atoms in total. The van der Waals surface area contributed by atoms with Crippen LogP contribution in [0.1, 0.15) is 124 Å². The van der Waals surface area contributed by atoms with Crippen LogP contribution in [-0.4, -0.2) is 12.6 Å². The number of hydrogen-bond donors (Lipinski definition) is 0. The van der Waals surface area contributed by atoms with Gasteiger partial charge in [0.2, 0.25) is 0 Å². The quantitative estimate of drug-likeness (QED) is 0.191. The van der Waals surface area contributed by atoms with E-state index < -0.39 is 0 Å². The van der Waals surface area contributed by atoms with Gasteiger partial charge < -0.3 is 4.74 Å². The van der Waals surface area contributed by atoms with Gasteiger partial charge in [0.15, 0.2) is 0 Å². The van der Waals surface area contributed by atoms with E-state index in [0.717, 1.165) is 25.2 Å². The van der Waals surface area contributed by atoms with Crippen molar-refractivity contribution in [3.63, 3.8) is 0 Å². The fourth-order valence-corrected chi connectivity index (χ4v) is 2.99. The van der Waals surface area contributed by atoms with Crippen LogP contribution in [-0.2, 0) is 9.53 Å². The molecule has 0 fully saturated rings. The van der Waals surface area contributed by atoms with Crippen LogP contribution < -0.4 is 0 Å². The Morgan fingerprint density at radius 1 is 0.708 bits per heavy atom. The third-order valence-electron chi connectivity index (χ3n) is 4.67. The molecule has 0 amide bonds. The third kappa shape index (κ3) is 19.5. The van der Waals surface area contributed by atoms with Gasteiger partial charge in [-0.3, -0.25) is 4.79 Å². The zero-order valence-electron chi connectivity index (χ0n) is 16.9. The van der Waals surface area contributed by atoms with Crippen LogP contribution in [0.25, 0.3) is 0 Å². The summed E-state index contributed by atoms with van der Waals surface area (Å²) in [5, 5.41) is 0. The summed E-state index contributed by atoms with van der Waals surface area (Å²) in [5.74, 6) is 0.869. The van der Waals surface area contributed by atoms with Gasteiger partial charge in [-0.05, 0) is 18.8 Å². The van der Waals surface area contributed by atoms with Gasteiger partial charge in [-0.2, -0.15) is 0 Å². The maximum Gasteiger partial charge on any atom is 0.305 e. The third-order valence-corrected chi connectivity index (χ3v) is 4.67. The Bertz CT molecular complexity index is 261. The largest absolute Gasteiger partial charge is 0.466 e. The normalized spacial score (nSPS) is 11.2. The smallest absolute Gasteiger partial charge is 0.305 e. The van der Waals surface area contributed by atoms with Crippen molar-refractivity contribution in [2.75, 3.05) is 6.61 Å². The molecule has 0 aliphatic rings. The molecule has 0 heterocycles. The summed E-state index contributed by atoms with van der Waals surface area (Å²) in [6.07, 6.45) is 20.2. The lowest BCUT2D eigenvalue weighted by atomic mass is 10.0. The van der Waals surface area contributed by atoms with Gasteiger partial charge in [0, 0.05) is 6.42 Å². The molecule has 0 N–H and O–H groups in total. The Morgan fingerprint density at radius 3 is 1.62 bits per heavy atom. The molecule has 0 unspecified atom stereocenters. The summed E-state index contributed by atoms with van der Waals surface area (Å²) in [4.78, 5) is 11.4. The first-order chi connectivity index (χ1) is 11.7. The van der Waals surface area contributed by atoms with Gasteiger partial charge in [0.05, 0.1) is 6.61 Å². The molecule has 144 valence electrons. The second-order valence-electron chi connectivity index (χ2n) is 7.75. The summed E-state index contributed by atoms with van der Waals surface area (Å²) in [6, 6.07) is 0. The van der Waals surface area contributed by atoms with Crippen LogP contribution >= 0.6 is 0 Å². The molecule has 0 saturated carbocycles. The minimum Gasteiger partial charge on any atom is -0.466 e. The van der Waals surface area contributed by atoms with E-state index in [1.807, 2.05) is 0 Å². The molecular formula is C22H44O2. The molecule has 0 aromatic rings. The Balaban J connectivity index is 3.08. The van der Waals surface area contributed by atoms with E-state index in [4.69, 9.17) is 4.74 Å². The predicted molar refractivity (Wildman–Crippen MR) is 105 cm³/mol. The minimum absolute atomic E-state index is 0.00292. The number of unbranched alkanes of at least 4 members (excludes halogenated alkanes) is 12. The Morgan fingerprint density at radius 2 is 1.17 bits per heavy atom. The minimum atomic E-state index is -0.00292. The van der Waals surface area contributed by atoms with Crippen molar-refractivity contribution in [3.05, 3.63) is 0 Å². The molecule has 0 rings (SSSR count). The van der Waals surface area contributed by atoms with E-state index in [-0.39, 0.29) is 5.97 Å². The molecule has 0 aromatic carbocycles. The van der Waals surface area contributed by atoms with Crippen molar-refractivity contribution in [2.45, 2.75) is 124 Å². The van der Waals surface area contributed by atoms with Crippen LogP contribution in [0.3, 0.4) is 0 Å². The zero-order chi connectivity index (χ0) is 17.9. The first-order valence-corrected chi connectivity index (χ1v) is 10.8. The molecule has 0 aliphatic carbocycles. The van der Waals surface area contributed by atoms with Gasteiger partial charge >= 0.3 is 5.97 Å². The molecule has 0 atom stereocenters. The van der Waals surface area contributed by atoms with Crippen molar-refractivity contribution < 1.29 is 9.53 Å². The monoisotopic (exact) mass is 340 g/mol. The van der Waals surface area contributed by atoms with Gasteiger partial charge in [0.1, 0.15) is 0 Å². The molecule has 0 radical (unpaired) electrons. The van der Waals surface area contributed by atoms with Gasteiger partial charge in [0.25, 0.3) is 0 Å². The summed E-state index contributed by atoms with van der Waals surface area (Å²) in [6.45, 7) is 7.35. The van der Waals surface area contributed by atoms with E-state index in [1.54, 1.807) is 0 Å². The van der Waals surface area contributed by atoms with E-state index in [0.29, 0.717) is 13.0 Å². The van der Waals surface area contributed by atoms with Gasteiger partial charge in [-0.1, -0.05) is 104 Å². The lowest BCUT2D eigenvalue weighted by Gasteiger charge is -2.05. The molecule has 2 heteroatoms. The Hall–Kier alpha value is -0.530. The second-order valence-corrected chi connectivity index (χ2v) is 7.75. The highest BCUT2D eigenvalue weighted by Gasteiger charge is 2.01. The number of ether oxygens (including phenoxy) is 1. The van der Waals surface area contributed by atoms with Crippen molar-refractivity contribution in [1.82, 2.24) is 0 Å². The van der Waals surface area contributed by atoms with Crippen molar-refractivity contribution in [1.29, 1.82) is 0 Å². The van der Waals surface area contributed by atoms with Crippen LogP contribution in [0.4, 0.5) is 0 Å². The molecular weight excluding hydrogens is 296 g/mol. The van der Waals surface area contributed by atoms with Crippen LogP contribution in [0.5, 0.6) is 0 Å². The maximum atomic E-state index is 11.4. The highest BCUT2D eigenvalue weighted by atomic mass is 16.5. The molecule has 24 heavy (non-hydrogen) atoms. The second kappa shape index (κ2) is 18.8. The molecule has 0 aromatic heterocycles. The number of carbonyl (C=O) groups is 1. The number of esters is 1. The Kier molecular flexibility index (Phi) is 18.4. The summed E-state index contributed by atoms with van der Waals surface area (Å²) in [5.41, 5.74) is 0. The lowest BCUT2D eigenvalue weighted by molar-refractivity contribution is -0.143. The van der Waals surface area contributed by atoms with E-state index in [2.05, 4.69) is 20.8 Å². The molecule has 0 spiro atoms. The van der Waals surface area contributed by atoms with Crippen LogP contribution in [0.2, 0.25) is 0 Å². The first kappa shape index (κ1) is 23.5. The van der Waals surface area contributed by atoms with Crippen molar-refractivity contribution in [3.8, 4) is 0 Å². The lowest BCUT2D eigenvalue weighted by Crippen LogP contribution is -2.05. The van der Waals surface area contributed by atoms with E-state index in [9.17, 15) is 4.79 Å². The fraction of sp³-hybridized carbons (Fsp3) is 0.955. The number of carbonyl (C=O) groups excluding carboxylic acids is 1. The van der Waals surface area contributed by atoms with Gasteiger partial charge in [-0.25, -0.2) is 0 Å². The maximum absolute atomic E-state index is 11.4. The van der Waals surface area contributed by atoms with E-state index in [1.165, 1.54) is 77.0 Å². The van der Waals surface area contributed by atoms with Crippen LogP contribution in [0, 0.1) is 5.92 Å². The van der Waals surface area contributed by atoms with Crippen molar-refractivity contribution in [2.24, 2.45) is 5.92 Å². The highest BCUT2D eigenvalue weighted by molar-refractivity contribution is 5.69. The average molecular weight is 341 g/mol. The summed E-state index contributed by atoms with van der Waals surface area (Å²) >= 11 is 0. The van der Waals surface area contributed by atoms with Crippen LogP contribution in [0.15, 0.2) is 0 Å². The summed E-state index contributed by atoms with van der Waals surface area (Å²) < 4.78 is 5.16. The number of hydrogen-bond acceptors (Lipinski definition) is 2. The highest BCUT2D eigenvalue weighted by Crippen LogP contribution is 2.14. The summed E-state index contributed by atoms with van der Waals surface area (Å²) in [7, 11) is 0. The molecule has 0 aliphatic heterocycles. The van der Waals surface area contributed by atoms with Gasteiger partial charge in [-0.15, -0.1) is 0 Å².